The van der Waals surface area contributed by atoms with Crippen molar-refractivity contribution in [3.8, 4) is 0 Å². The molecule has 0 radical (unpaired) electrons. The van der Waals surface area contributed by atoms with Crippen LogP contribution in [0.15, 0.2) is 23.2 Å². The molecule has 4 heteroatoms. The van der Waals surface area contributed by atoms with Crippen molar-refractivity contribution in [2.24, 2.45) is 0 Å². The van der Waals surface area contributed by atoms with Crippen molar-refractivity contribution in [3.63, 3.8) is 0 Å². The van der Waals surface area contributed by atoms with E-state index < -0.39 is 0 Å². The Bertz CT molecular complexity index is 335. The first-order valence-corrected chi connectivity index (χ1v) is 5.58. The van der Waals surface area contributed by atoms with Gasteiger partial charge in [-0.2, -0.15) is 0 Å². The molecule has 0 saturated carbocycles. The Balaban J connectivity index is 2.05. The first-order chi connectivity index (χ1) is 6.86. The minimum absolute atomic E-state index is 0.0405. The third-order valence-electron chi connectivity index (χ3n) is 2.18. The number of ketones is 1. The summed E-state index contributed by atoms with van der Waals surface area (Å²) >= 11 is 1.39. The number of thiazole rings is 1. The zero-order valence-electron chi connectivity index (χ0n) is 7.82. The van der Waals surface area contributed by atoms with E-state index in [1.807, 2.05) is 5.38 Å². The first kappa shape index (κ1) is 9.55. The lowest BCUT2D eigenvalue weighted by Gasteiger charge is -2.14. The molecule has 0 atom stereocenters. The van der Waals surface area contributed by atoms with Gasteiger partial charge in [-0.05, 0) is 25.5 Å². The number of carbonyl (C=O) groups is 1. The SMILES string of the molecule is O=C(C=C1CCCNC1)c1nccs1. The second kappa shape index (κ2) is 4.48. The number of hydrogen-bond donors (Lipinski definition) is 1. The van der Waals surface area contributed by atoms with E-state index in [1.54, 1.807) is 12.3 Å². The molecule has 1 aromatic rings. The Morgan fingerprint density at radius 3 is 3.21 bits per heavy atom. The van der Waals surface area contributed by atoms with Gasteiger partial charge in [0.2, 0.25) is 5.78 Å². The maximum absolute atomic E-state index is 11.6. The van der Waals surface area contributed by atoms with Gasteiger partial charge in [-0.1, -0.05) is 5.57 Å². The summed E-state index contributed by atoms with van der Waals surface area (Å²) < 4.78 is 0. The molecule has 1 aromatic heterocycles. The fourth-order valence-corrected chi connectivity index (χ4v) is 2.04. The minimum atomic E-state index is 0.0405. The molecular formula is C10H12N2OS. The molecule has 0 aromatic carbocycles. The van der Waals surface area contributed by atoms with E-state index in [1.165, 1.54) is 16.9 Å². The van der Waals surface area contributed by atoms with Crippen molar-refractivity contribution in [1.29, 1.82) is 0 Å². The summed E-state index contributed by atoms with van der Waals surface area (Å²) in [5.41, 5.74) is 1.19. The summed E-state index contributed by atoms with van der Waals surface area (Å²) in [5.74, 6) is 0.0405. The second-order valence-electron chi connectivity index (χ2n) is 3.28. The van der Waals surface area contributed by atoms with Crippen LogP contribution < -0.4 is 5.32 Å². The largest absolute Gasteiger partial charge is 0.313 e. The lowest BCUT2D eigenvalue weighted by molar-refractivity contribution is 0.104. The average molecular weight is 208 g/mol. The smallest absolute Gasteiger partial charge is 0.214 e. The third-order valence-corrected chi connectivity index (χ3v) is 2.97. The van der Waals surface area contributed by atoms with Gasteiger partial charge in [0.15, 0.2) is 5.01 Å². The maximum Gasteiger partial charge on any atom is 0.214 e. The number of nitrogens with zero attached hydrogens (tertiary/aromatic N) is 1. The molecular weight excluding hydrogens is 196 g/mol. The number of carbonyl (C=O) groups excluding carboxylic acids is 1. The maximum atomic E-state index is 11.6. The van der Waals surface area contributed by atoms with Crippen molar-refractivity contribution in [2.45, 2.75) is 12.8 Å². The van der Waals surface area contributed by atoms with Gasteiger partial charge in [0.1, 0.15) is 0 Å². The highest BCUT2D eigenvalue weighted by atomic mass is 32.1. The second-order valence-corrected chi connectivity index (χ2v) is 4.18. The number of aromatic nitrogens is 1. The molecule has 0 bridgehead atoms. The molecule has 14 heavy (non-hydrogen) atoms. The monoisotopic (exact) mass is 208 g/mol. The summed E-state index contributed by atoms with van der Waals surface area (Å²) in [4.78, 5) is 15.6. The van der Waals surface area contributed by atoms with Gasteiger partial charge in [0.25, 0.3) is 0 Å². The Kier molecular flexibility index (Phi) is 3.06. The van der Waals surface area contributed by atoms with Crippen LogP contribution in [0.4, 0.5) is 0 Å². The van der Waals surface area contributed by atoms with Crippen LogP contribution in [0, 0.1) is 0 Å². The van der Waals surface area contributed by atoms with E-state index in [0.29, 0.717) is 5.01 Å². The summed E-state index contributed by atoms with van der Waals surface area (Å²) in [7, 11) is 0. The van der Waals surface area contributed by atoms with E-state index in [0.717, 1.165) is 25.9 Å². The van der Waals surface area contributed by atoms with Gasteiger partial charge < -0.3 is 5.32 Å². The van der Waals surface area contributed by atoms with E-state index >= 15 is 0 Å². The van der Waals surface area contributed by atoms with Gasteiger partial charge in [0.05, 0.1) is 0 Å². The molecule has 2 rings (SSSR count). The third kappa shape index (κ3) is 2.27. The summed E-state index contributed by atoms with van der Waals surface area (Å²) in [6.45, 7) is 1.90. The van der Waals surface area contributed by atoms with Crippen molar-refractivity contribution >= 4 is 17.1 Å². The highest BCUT2D eigenvalue weighted by Crippen LogP contribution is 2.12. The number of piperidine rings is 1. The molecule has 74 valence electrons. The van der Waals surface area contributed by atoms with Gasteiger partial charge in [-0.15, -0.1) is 11.3 Å². The molecule has 3 nitrogen and oxygen atoms in total. The molecule has 0 unspecified atom stereocenters. The zero-order chi connectivity index (χ0) is 9.80. The number of allylic oxidation sites excluding steroid dienone is 1. The fraction of sp³-hybridized carbons (Fsp3) is 0.400. The van der Waals surface area contributed by atoms with Crippen LogP contribution in [0.25, 0.3) is 0 Å². The highest BCUT2D eigenvalue weighted by molar-refractivity contribution is 7.11. The topological polar surface area (TPSA) is 42.0 Å². The molecule has 0 spiro atoms. The van der Waals surface area contributed by atoms with Crippen molar-refractivity contribution < 1.29 is 4.79 Å². The number of hydrogen-bond acceptors (Lipinski definition) is 4. The van der Waals surface area contributed by atoms with Gasteiger partial charge >= 0.3 is 0 Å². The molecule has 0 aliphatic carbocycles. The summed E-state index contributed by atoms with van der Waals surface area (Å²) in [5, 5.41) is 5.66. The number of rotatable bonds is 2. The van der Waals surface area contributed by atoms with Crippen LogP contribution in [0.2, 0.25) is 0 Å². The van der Waals surface area contributed by atoms with Crippen molar-refractivity contribution in [3.05, 3.63) is 28.2 Å². The Labute approximate surface area is 86.9 Å². The molecule has 1 aliphatic rings. The van der Waals surface area contributed by atoms with Crippen LogP contribution in [-0.2, 0) is 0 Å². The van der Waals surface area contributed by atoms with Crippen LogP contribution in [0.3, 0.4) is 0 Å². The molecule has 0 amide bonds. The quantitative estimate of drug-likeness (QED) is 0.593. The molecule has 2 heterocycles. The van der Waals surface area contributed by atoms with Crippen LogP contribution in [0.5, 0.6) is 0 Å². The van der Waals surface area contributed by atoms with Gasteiger partial charge in [-0.3, -0.25) is 4.79 Å². The lowest BCUT2D eigenvalue weighted by Crippen LogP contribution is -2.24. The molecule has 1 fully saturated rings. The van der Waals surface area contributed by atoms with Crippen LogP contribution in [-0.4, -0.2) is 23.9 Å². The standard InChI is InChI=1S/C10H12N2OS/c13-9(10-12-4-5-14-10)6-8-2-1-3-11-7-8/h4-6,11H,1-3,7H2. The summed E-state index contributed by atoms with van der Waals surface area (Å²) in [6, 6.07) is 0. The van der Waals surface area contributed by atoms with Crippen molar-refractivity contribution in [1.82, 2.24) is 10.3 Å². The van der Waals surface area contributed by atoms with Crippen molar-refractivity contribution in [2.75, 3.05) is 13.1 Å². The van der Waals surface area contributed by atoms with E-state index in [-0.39, 0.29) is 5.78 Å². The highest BCUT2D eigenvalue weighted by Gasteiger charge is 2.09. The normalized spacial score (nSPS) is 19.9. The first-order valence-electron chi connectivity index (χ1n) is 4.70. The van der Waals surface area contributed by atoms with Crippen LogP contribution >= 0.6 is 11.3 Å². The molecule has 1 N–H and O–H groups in total. The summed E-state index contributed by atoms with van der Waals surface area (Å²) in [6.07, 6.45) is 5.54. The van der Waals surface area contributed by atoms with Gasteiger partial charge in [-0.25, -0.2) is 4.98 Å². The Morgan fingerprint density at radius 1 is 1.64 bits per heavy atom. The fourth-order valence-electron chi connectivity index (χ4n) is 1.49. The Morgan fingerprint density at radius 2 is 2.57 bits per heavy atom. The van der Waals surface area contributed by atoms with Gasteiger partial charge in [0, 0.05) is 18.1 Å². The predicted octanol–water partition coefficient (Wildman–Crippen LogP) is 1.64. The average Bonchev–Trinajstić information content (AvgIpc) is 2.72. The Hall–Kier alpha value is -1.00. The predicted molar refractivity (Wildman–Crippen MR) is 56.6 cm³/mol. The van der Waals surface area contributed by atoms with Crippen LogP contribution in [0.1, 0.15) is 22.6 Å². The molecule has 1 saturated heterocycles. The zero-order valence-corrected chi connectivity index (χ0v) is 8.64. The number of nitrogens with one attached hydrogen (secondary N) is 1. The van der Waals surface area contributed by atoms with E-state index in [9.17, 15) is 4.79 Å². The minimum Gasteiger partial charge on any atom is -0.313 e. The lowest BCUT2D eigenvalue weighted by atomic mass is 10.1. The van der Waals surface area contributed by atoms with E-state index in [2.05, 4.69) is 10.3 Å². The molecule has 1 aliphatic heterocycles. The van der Waals surface area contributed by atoms with E-state index in [4.69, 9.17) is 0 Å².